The summed E-state index contributed by atoms with van der Waals surface area (Å²) >= 11 is 1.31. The number of benzene rings is 1. The predicted octanol–water partition coefficient (Wildman–Crippen LogP) is 3.14. The molecule has 0 aliphatic carbocycles. The lowest BCUT2D eigenvalue weighted by atomic mass is 10.1. The number of thiazole rings is 1. The van der Waals surface area contributed by atoms with Gasteiger partial charge in [-0.2, -0.15) is 4.68 Å². The Balaban J connectivity index is 1.41. The fraction of sp³-hybridized carbons (Fsp3) is 0.190. The summed E-state index contributed by atoms with van der Waals surface area (Å²) < 4.78 is 1.63. The molecule has 8 heteroatoms. The van der Waals surface area contributed by atoms with Gasteiger partial charge in [0.05, 0.1) is 17.6 Å². The number of nitrogens with one attached hydrogen (secondary N) is 1. The van der Waals surface area contributed by atoms with Crippen LogP contribution < -0.4 is 5.32 Å². The molecule has 0 aliphatic rings. The fourth-order valence-corrected chi connectivity index (χ4v) is 3.79. The molecule has 7 nitrogen and oxygen atoms in total. The van der Waals surface area contributed by atoms with E-state index in [4.69, 9.17) is 0 Å². The number of aromatic nitrogens is 5. The maximum Gasteiger partial charge on any atom is 0.263 e. The average Bonchev–Trinajstić information content (AvgIpc) is 3.39. The molecule has 3 heterocycles. The maximum atomic E-state index is 12.5. The zero-order valence-corrected chi connectivity index (χ0v) is 16.8. The number of aryl methyl sites for hydroxylation is 3. The molecule has 0 atom stereocenters. The SMILES string of the molecule is Cc1nc(-n2cc(CCc3ccccc3)nn2)sc1C(=O)NCc1cccnc1. The Kier molecular flexibility index (Phi) is 5.71. The fourth-order valence-electron chi connectivity index (χ4n) is 2.88. The Morgan fingerprint density at radius 1 is 1.10 bits per heavy atom. The lowest BCUT2D eigenvalue weighted by Gasteiger charge is -2.03. The summed E-state index contributed by atoms with van der Waals surface area (Å²) in [6.07, 6.45) is 7.01. The van der Waals surface area contributed by atoms with Gasteiger partial charge in [-0.25, -0.2) is 4.98 Å². The molecule has 0 aliphatic heterocycles. The largest absolute Gasteiger partial charge is 0.347 e. The van der Waals surface area contributed by atoms with Crippen LogP contribution in [0.25, 0.3) is 5.13 Å². The van der Waals surface area contributed by atoms with Gasteiger partial charge < -0.3 is 5.32 Å². The smallest absolute Gasteiger partial charge is 0.263 e. The van der Waals surface area contributed by atoms with Crippen LogP contribution in [-0.2, 0) is 19.4 Å². The summed E-state index contributed by atoms with van der Waals surface area (Å²) in [5.41, 5.74) is 3.78. The highest BCUT2D eigenvalue weighted by Gasteiger charge is 2.17. The van der Waals surface area contributed by atoms with Gasteiger partial charge in [0.25, 0.3) is 5.91 Å². The van der Waals surface area contributed by atoms with Crippen molar-refractivity contribution in [2.75, 3.05) is 0 Å². The van der Waals surface area contributed by atoms with Crippen LogP contribution in [0.15, 0.2) is 61.1 Å². The summed E-state index contributed by atoms with van der Waals surface area (Å²) in [6, 6.07) is 14.0. The third kappa shape index (κ3) is 4.72. The first-order chi connectivity index (χ1) is 14.2. The molecule has 0 radical (unpaired) electrons. The van der Waals surface area contributed by atoms with Gasteiger partial charge in [0, 0.05) is 18.9 Å². The van der Waals surface area contributed by atoms with Gasteiger partial charge in [-0.05, 0) is 37.0 Å². The molecular weight excluding hydrogens is 384 g/mol. The molecular formula is C21H20N6OS. The van der Waals surface area contributed by atoms with E-state index in [1.807, 2.05) is 43.5 Å². The first kappa shape index (κ1) is 18.9. The van der Waals surface area contributed by atoms with E-state index < -0.39 is 0 Å². The van der Waals surface area contributed by atoms with E-state index in [1.165, 1.54) is 16.9 Å². The van der Waals surface area contributed by atoms with E-state index in [-0.39, 0.29) is 5.91 Å². The molecule has 4 rings (SSSR count). The minimum atomic E-state index is -0.153. The van der Waals surface area contributed by atoms with Crippen molar-refractivity contribution in [1.82, 2.24) is 30.3 Å². The third-order valence-corrected chi connectivity index (χ3v) is 5.56. The molecule has 146 valence electrons. The van der Waals surface area contributed by atoms with Crippen LogP contribution in [0.3, 0.4) is 0 Å². The van der Waals surface area contributed by atoms with Crippen molar-refractivity contribution in [3.63, 3.8) is 0 Å². The zero-order chi connectivity index (χ0) is 20.1. The van der Waals surface area contributed by atoms with E-state index >= 15 is 0 Å². The number of hydrogen-bond acceptors (Lipinski definition) is 6. The van der Waals surface area contributed by atoms with Gasteiger partial charge in [-0.1, -0.05) is 52.9 Å². The standard InChI is InChI=1S/C21H20N6OS/c1-15-19(20(28)23-13-17-8-5-11-22-12-17)29-21(24-15)27-14-18(25-26-27)10-9-16-6-3-2-4-7-16/h2-8,11-12,14H,9-10,13H2,1H3,(H,23,28). The number of carbonyl (C=O) groups is 1. The molecule has 29 heavy (non-hydrogen) atoms. The topological polar surface area (TPSA) is 85.6 Å². The summed E-state index contributed by atoms with van der Waals surface area (Å²) in [5.74, 6) is -0.153. The number of carbonyl (C=O) groups excluding carboxylic acids is 1. The lowest BCUT2D eigenvalue weighted by Crippen LogP contribution is -2.22. The number of amides is 1. The van der Waals surface area contributed by atoms with Crippen molar-refractivity contribution in [2.24, 2.45) is 0 Å². The van der Waals surface area contributed by atoms with Crippen LogP contribution in [0.1, 0.15) is 32.2 Å². The number of hydrogen-bond donors (Lipinski definition) is 1. The van der Waals surface area contributed by atoms with Crippen LogP contribution in [0, 0.1) is 6.92 Å². The predicted molar refractivity (Wildman–Crippen MR) is 111 cm³/mol. The van der Waals surface area contributed by atoms with Crippen molar-refractivity contribution in [1.29, 1.82) is 0 Å². The Labute approximate surface area is 172 Å². The summed E-state index contributed by atoms with van der Waals surface area (Å²) in [5, 5.41) is 12.0. The van der Waals surface area contributed by atoms with Gasteiger partial charge in [-0.15, -0.1) is 5.10 Å². The minimum absolute atomic E-state index is 0.153. The van der Waals surface area contributed by atoms with Gasteiger partial charge >= 0.3 is 0 Å². The molecule has 0 saturated heterocycles. The molecule has 0 spiro atoms. The molecule has 0 unspecified atom stereocenters. The number of nitrogens with zero attached hydrogens (tertiary/aromatic N) is 5. The maximum absolute atomic E-state index is 12.5. The van der Waals surface area contributed by atoms with E-state index in [9.17, 15) is 4.79 Å². The summed E-state index contributed by atoms with van der Waals surface area (Å²) in [6.45, 7) is 2.25. The van der Waals surface area contributed by atoms with Crippen LogP contribution in [-0.4, -0.2) is 30.9 Å². The first-order valence-corrected chi connectivity index (χ1v) is 10.1. The van der Waals surface area contributed by atoms with Crippen LogP contribution >= 0.6 is 11.3 Å². The van der Waals surface area contributed by atoms with Crippen LogP contribution in [0.4, 0.5) is 0 Å². The van der Waals surface area contributed by atoms with Crippen molar-refractivity contribution in [3.05, 3.63) is 88.4 Å². The first-order valence-electron chi connectivity index (χ1n) is 9.29. The molecule has 1 amide bonds. The normalized spacial score (nSPS) is 10.8. The molecule has 1 N–H and O–H groups in total. The molecule has 4 aromatic rings. The molecule has 1 aromatic carbocycles. The Morgan fingerprint density at radius 2 is 1.93 bits per heavy atom. The molecule has 0 bridgehead atoms. The van der Waals surface area contributed by atoms with Crippen molar-refractivity contribution >= 4 is 17.2 Å². The quantitative estimate of drug-likeness (QED) is 0.511. The highest BCUT2D eigenvalue weighted by Crippen LogP contribution is 2.21. The van der Waals surface area contributed by atoms with Gasteiger partial charge in [0.2, 0.25) is 5.13 Å². The Hall–Kier alpha value is -3.39. The zero-order valence-electron chi connectivity index (χ0n) is 15.9. The Morgan fingerprint density at radius 3 is 2.72 bits per heavy atom. The number of pyridine rings is 1. The van der Waals surface area contributed by atoms with Crippen LogP contribution in [0.2, 0.25) is 0 Å². The third-order valence-electron chi connectivity index (χ3n) is 4.42. The van der Waals surface area contributed by atoms with Crippen molar-refractivity contribution in [2.45, 2.75) is 26.3 Å². The lowest BCUT2D eigenvalue weighted by molar-refractivity contribution is 0.0954. The van der Waals surface area contributed by atoms with Crippen LogP contribution in [0.5, 0.6) is 0 Å². The van der Waals surface area contributed by atoms with E-state index in [2.05, 4.69) is 37.7 Å². The van der Waals surface area contributed by atoms with Gasteiger partial charge in [0.1, 0.15) is 4.88 Å². The number of rotatable bonds is 7. The van der Waals surface area contributed by atoms with E-state index in [1.54, 1.807) is 17.1 Å². The highest BCUT2D eigenvalue weighted by molar-refractivity contribution is 7.16. The van der Waals surface area contributed by atoms with Crippen molar-refractivity contribution < 1.29 is 4.79 Å². The average molecular weight is 404 g/mol. The summed E-state index contributed by atoms with van der Waals surface area (Å²) in [4.78, 5) is 21.7. The van der Waals surface area contributed by atoms with E-state index in [0.717, 1.165) is 24.1 Å². The highest BCUT2D eigenvalue weighted by atomic mass is 32.1. The summed E-state index contributed by atoms with van der Waals surface area (Å²) in [7, 11) is 0. The Bertz CT molecular complexity index is 1090. The monoisotopic (exact) mass is 404 g/mol. The second-order valence-corrected chi connectivity index (χ2v) is 7.57. The van der Waals surface area contributed by atoms with Crippen molar-refractivity contribution in [3.8, 4) is 5.13 Å². The second-order valence-electron chi connectivity index (χ2n) is 6.59. The minimum Gasteiger partial charge on any atom is -0.347 e. The molecule has 0 fully saturated rings. The van der Waals surface area contributed by atoms with Gasteiger partial charge in [-0.3, -0.25) is 9.78 Å². The van der Waals surface area contributed by atoms with Gasteiger partial charge in [0.15, 0.2) is 0 Å². The molecule has 0 saturated carbocycles. The molecule has 3 aromatic heterocycles. The second kappa shape index (κ2) is 8.74. The van der Waals surface area contributed by atoms with E-state index in [0.29, 0.717) is 22.2 Å².